The van der Waals surface area contributed by atoms with Gasteiger partial charge in [0, 0.05) is 31.4 Å². The predicted molar refractivity (Wildman–Crippen MR) is 83.1 cm³/mol. The average molecular weight is 261 g/mol. The zero-order valence-electron chi connectivity index (χ0n) is 12.9. The van der Waals surface area contributed by atoms with Crippen molar-refractivity contribution < 1.29 is 0 Å². The molecule has 0 aliphatic carbocycles. The molecule has 0 amide bonds. The lowest BCUT2D eigenvalue weighted by Gasteiger charge is -2.44. The molecule has 0 aromatic heterocycles. The predicted octanol–water partition coefficient (Wildman–Crippen LogP) is 2.03. The number of anilines is 1. The van der Waals surface area contributed by atoms with Gasteiger partial charge in [-0.15, -0.1) is 0 Å². The van der Waals surface area contributed by atoms with E-state index in [4.69, 9.17) is 0 Å². The Bertz CT molecular complexity index is 428. The molecule has 2 unspecified atom stereocenters. The summed E-state index contributed by atoms with van der Waals surface area (Å²) in [5.74, 6) is 0. The van der Waals surface area contributed by atoms with E-state index < -0.39 is 0 Å². The third-order valence-electron chi connectivity index (χ3n) is 3.91. The number of benzene rings is 1. The number of nitrogens with one attached hydrogen (secondary N) is 1. The molecular weight excluding hydrogens is 234 g/mol. The molecule has 19 heavy (non-hydrogen) atoms. The zero-order valence-corrected chi connectivity index (χ0v) is 12.9. The smallest absolute Gasteiger partial charge is 0.0544 e. The Hall–Kier alpha value is -1.06. The molecule has 3 nitrogen and oxygen atoms in total. The lowest BCUT2D eigenvalue weighted by Crippen LogP contribution is -2.59. The van der Waals surface area contributed by atoms with E-state index in [-0.39, 0.29) is 0 Å². The van der Waals surface area contributed by atoms with E-state index in [0.29, 0.717) is 12.1 Å². The molecule has 0 spiro atoms. The molecule has 1 heterocycles. The first kappa shape index (κ1) is 14.4. The van der Waals surface area contributed by atoms with Gasteiger partial charge in [0.05, 0.1) is 6.04 Å². The summed E-state index contributed by atoms with van der Waals surface area (Å²) in [7, 11) is 4.31. The highest BCUT2D eigenvalue weighted by Crippen LogP contribution is 2.27. The van der Waals surface area contributed by atoms with Crippen molar-refractivity contribution in [1.29, 1.82) is 0 Å². The lowest BCUT2D eigenvalue weighted by molar-refractivity contribution is 0.315. The van der Waals surface area contributed by atoms with Crippen LogP contribution >= 0.6 is 0 Å². The maximum atomic E-state index is 3.56. The monoisotopic (exact) mass is 261 g/mol. The summed E-state index contributed by atoms with van der Waals surface area (Å²) in [6, 6.07) is 7.86. The number of nitrogens with zero attached hydrogens (tertiary/aromatic N) is 2. The minimum atomic E-state index is 0.541. The molecule has 1 fully saturated rings. The molecule has 0 bridgehead atoms. The van der Waals surface area contributed by atoms with Crippen LogP contribution in [-0.4, -0.2) is 50.7 Å². The first-order valence-electron chi connectivity index (χ1n) is 7.20. The number of piperazine rings is 1. The van der Waals surface area contributed by atoms with Crippen LogP contribution in [0.5, 0.6) is 0 Å². The summed E-state index contributed by atoms with van der Waals surface area (Å²) in [6.07, 6.45) is 0. The molecule has 0 saturated carbocycles. The van der Waals surface area contributed by atoms with Gasteiger partial charge in [0.25, 0.3) is 0 Å². The molecule has 2 rings (SSSR count). The maximum Gasteiger partial charge on any atom is 0.0544 e. The molecule has 0 radical (unpaired) electrons. The van der Waals surface area contributed by atoms with Crippen LogP contribution in [0.4, 0.5) is 5.69 Å². The Kier molecular flexibility index (Phi) is 4.48. The fraction of sp³-hybridized carbons (Fsp3) is 0.625. The first-order chi connectivity index (χ1) is 8.99. The second-order valence-corrected chi connectivity index (χ2v) is 6.12. The second kappa shape index (κ2) is 5.93. The molecule has 1 aromatic carbocycles. The summed E-state index contributed by atoms with van der Waals surface area (Å²) in [5, 5.41) is 3.56. The van der Waals surface area contributed by atoms with Gasteiger partial charge in [-0.25, -0.2) is 0 Å². The van der Waals surface area contributed by atoms with Gasteiger partial charge in [0.1, 0.15) is 0 Å². The van der Waals surface area contributed by atoms with E-state index >= 15 is 0 Å². The second-order valence-electron chi connectivity index (χ2n) is 6.12. The van der Waals surface area contributed by atoms with Gasteiger partial charge in [-0.2, -0.15) is 0 Å². The Morgan fingerprint density at radius 2 is 2.00 bits per heavy atom. The number of rotatable bonds is 3. The largest absolute Gasteiger partial charge is 0.362 e. The van der Waals surface area contributed by atoms with Crippen LogP contribution in [0.25, 0.3) is 0 Å². The summed E-state index contributed by atoms with van der Waals surface area (Å²) >= 11 is 0. The van der Waals surface area contributed by atoms with E-state index in [1.54, 1.807) is 0 Å². The van der Waals surface area contributed by atoms with Crippen molar-refractivity contribution in [2.24, 2.45) is 0 Å². The highest BCUT2D eigenvalue weighted by atomic mass is 15.3. The quantitative estimate of drug-likeness (QED) is 0.898. The molecule has 1 aliphatic heterocycles. The van der Waals surface area contributed by atoms with Crippen LogP contribution in [0.2, 0.25) is 0 Å². The summed E-state index contributed by atoms with van der Waals surface area (Å²) in [5.41, 5.74) is 4.12. The fourth-order valence-corrected chi connectivity index (χ4v) is 3.02. The number of hydrogen-bond acceptors (Lipinski definition) is 3. The molecule has 2 atom stereocenters. The van der Waals surface area contributed by atoms with Gasteiger partial charge >= 0.3 is 0 Å². The molecule has 1 aromatic rings. The van der Waals surface area contributed by atoms with Crippen LogP contribution in [0.1, 0.15) is 18.1 Å². The number of aryl methyl sites for hydroxylation is 2. The molecule has 1 N–H and O–H groups in total. The third-order valence-corrected chi connectivity index (χ3v) is 3.91. The van der Waals surface area contributed by atoms with E-state index in [0.717, 1.165) is 19.6 Å². The van der Waals surface area contributed by atoms with Crippen LogP contribution in [-0.2, 0) is 0 Å². The SMILES string of the molecule is Cc1ccc(C)c(N2C(C)CNCC2CN(C)C)c1. The molecule has 106 valence electrons. The first-order valence-corrected chi connectivity index (χ1v) is 7.20. The van der Waals surface area contributed by atoms with Crippen LogP contribution in [0.3, 0.4) is 0 Å². The zero-order chi connectivity index (χ0) is 14.0. The maximum absolute atomic E-state index is 3.56. The summed E-state index contributed by atoms with van der Waals surface area (Å²) in [6.45, 7) is 9.93. The molecule has 3 heteroatoms. The lowest BCUT2D eigenvalue weighted by atomic mass is 10.0. The Labute approximate surface area is 117 Å². The van der Waals surface area contributed by atoms with Crippen molar-refractivity contribution in [3.63, 3.8) is 0 Å². The Morgan fingerprint density at radius 1 is 1.26 bits per heavy atom. The van der Waals surface area contributed by atoms with Crippen molar-refractivity contribution in [2.75, 3.05) is 38.6 Å². The van der Waals surface area contributed by atoms with Crippen LogP contribution < -0.4 is 10.2 Å². The van der Waals surface area contributed by atoms with Gasteiger partial charge in [0.15, 0.2) is 0 Å². The topological polar surface area (TPSA) is 18.5 Å². The minimum absolute atomic E-state index is 0.541. The van der Waals surface area contributed by atoms with Crippen molar-refractivity contribution in [3.05, 3.63) is 29.3 Å². The van der Waals surface area contributed by atoms with E-state index in [9.17, 15) is 0 Å². The Morgan fingerprint density at radius 3 is 2.68 bits per heavy atom. The summed E-state index contributed by atoms with van der Waals surface area (Å²) in [4.78, 5) is 4.89. The van der Waals surface area contributed by atoms with E-state index in [1.807, 2.05) is 0 Å². The third kappa shape index (κ3) is 3.28. The standard InChI is InChI=1S/C16H27N3/c1-12-6-7-13(2)16(8-12)19-14(3)9-17-10-15(19)11-18(4)5/h6-8,14-15,17H,9-11H2,1-5H3. The normalized spacial score (nSPS) is 24.0. The number of likely N-dealkylation sites (N-methyl/N-ethyl adjacent to an activating group) is 1. The Balaban J connectivity index is 2.33. The van der Waals surface area contributed by atoms with E-state index in [2.05, 4.69) is 68.2 Å². The van der Waals surface area contributed by atoms with Crippen molar-refractivity contribution in [3.8, 4) is 0 Å². The van der Waals surface area contributed by atoms with Crippen LogP contribution in [0, 0.1) is 13.8 Å². The fourth-order valence-electron chi connectivity index (χ4n) is 3.02. The molecule has 1 saturated heterocycles. The van der Waals surface area contributed by atoms with Gasteiger partial charge < -0.3 is 15.1 Å². The highest BCUT2D eigenvalue weighted by molar-refractivity contribution is 5.57. The molecule has 1 aliphatic rings. The molecular formula is C16H27N3. The highest BCUT2D eigenvalue weighted by Gasteiger charge is 2.29. The van der Waals surface area contributed by atoms with Crippen molar-refractivity contribution in [2.45, 2.75) is 32.9 Å². The van der Waals surface area contributed by atoms with Gasteiger partial charge in [-0.1, -0.05) is 12.1 Å². The van der Waals surface area contributed by atoms with Gasteiger partial charge in [-0.3, -0.25) is 0 Å². The van der Waals surface area contributed by atoms with Crippen molar-refractivity contribution >= 4 is 5.69 Å². The van der Waals surface area contributed by atoms with Crippen LogP contribution in [0.15, 0.2) is 18.2 Å². The number of hydrogen-bond donors (Lipinski definition) is 1. The van der Waals surface area contributed by atoms with E-state index in [1.165, 1.54) is 16.8 Å². The minimum Gasteiger partial charge on any atom is -0.362 e. The van der Waals surface area contributed by atoms with Gasteiger partial charge in [-0.05, 0) is 52.1 Å². The van der Waals surface area contributed by atoms with Crippen molar-refractivity contribution in [1.82, 2.24) is 10.2 Å². The average Bonchev–Trinajstić information content (AvgIpc) is 2.32. The van der Waals surface area contributed by atoms with Gasteiger partial charge in [0.2, 0.25) is 0 Å². The summed E-state index contributed by atoms with van der Waals surface area (Å²) < 4.78 is 0.